The average molecular weight is 639 g/mol. The van der Waals surface area contributed by atoms with Crippen LogP contribution < -0.4 is 9.47 Å². The van der Waals surface area contributed by atoms with E-state index in [4.69, 9.17) is 14.0 Å². The van der Waals surface area contributed by atoms with Gasteiger partial charge in [0.1, 0.15) is 12.3 Å². The van der Waals surface area contributed by atoms with Crippen molar-refractivity contribution in [1.82, 2.24) is 19.9 Å². The molecule has 12 heteroatoms. The summed E-state index contributed by atoms with van der Waals surface area (Å²) in [7, 11) is -3.72. The molecule has 1 fully saturated rings. The molecule has 0 aliphatic carbocycles. The maximum Gasteiger partial charge on any atom is 0.276 e. The van der Waals surface area contributed by atoms with Gasteiger partial charge in [-0.3, -0.25) is 9.59 Å². The van der Waals surface area contributed by atoms with Crippen LogP contribution in [0.1, 0.15) is 61.3 Å². The number of carbonyl (C=O) groups excluding carboxylic acids is 2. The third kappa shape index (κ3) is 7.85. The first-order valence-corrected chi connectivity index (χ1v) is 17.1. The number of ether oxygens (including phenoxy) is 2. The summed E-state index contributed by atoms with van der Waals surface area (Å²) >= 11 is 0. The lowest BCUT2D eigenvalue weighted by atomic mass is 10.1. The Morgan fingerprint density at radius 2 is 1.82 bits per heavy atom. The molecular weight excluding hydrogens is 596 g/mol. The van der Waals surface area contributed by atoms with Crippen molar-refractivity contribution in [3.05, 3.63) is 65.5 Å². The number of fused-ring (bicyclic) bond motifs is 1. The molecule has 2 aromatic carbocycles. The van der Waals surface area contributed by atoms with Gasteiger partial charge >= 0.3 is 0 Å². The van der Waals surface area contributed by atoms with Crippen LogP contribution in [0.2, 0.25) is 0 Å². The fourth-order valence-corrected chi connectivity index (χ4v) is 7.25. The maximum absolute atomic E-state index is 13.4. The molecule has 5 rings (SSSR count). The fourth-order valence-electron chi connectivity index (χ4n) is 5.91. The zero-order valence-corrected chi connectivity index (χ0v) is 27.1. The van der Waals surface area contributed by atoms with Crippen LogP contribution in [0.3, 0.4) is 0 Å². The van der Waals surface area contributed by atoms with Crippen molar-refractivity contribution in [1.29, 1.82) is 0 Å². The molecule has 2 aliphatic rings. The van der Waals surface area contributed by atoms with E-state index in [-0.39, 0.29) is 46.7 Å². The van der Waals surface area contributed by atoms with E-state index in [1.54, 1.807) is 48.2 Å². The summed E-state index contributed by atoms with van der Waals surface area (Å²) in [4.78, 5) is 32.0. The predicted octanol–water partition coefficient (Wildman–Crippen LogP) is 4.34. The number of unbranched alkanes of at least 4 members (excludes halogenated alkanes) is 1. The van der Waals surface area contributed by atoms with Gasteiger partial charge in [-0.25, -0.2) is 8.42 Å². The molecular formula is C33H42N4O7S. The van der Waals surface area contributed by atoms with Crippen molar-refractivity contribution in [3.63, 3.8) is 0 Å². The number of hydrogen-bond acceptors (Lipinski definition) is 9. The van der Waals surface area contributed by atoms with Crippen molar-refractivity contribution in [2.75, 3.05) is 46.1 Å². The van der Waals surface area contributed by atoms with Crippen LogP contribution in [0.4, 0.5) is 0 Å². The first-order chi connectivity index (χ1) is 21.7. The number of aryl methyl sites for hydroxylation is 1. The van der Waals surface area contributed by atoms with Gasteiger partial charge in [0, 0.05) is 37.8 Å². The molecule has 0 N–H and O–H groups in total. The summed E-state index contributed by atoms with van der Waals surface area (Å²) in [6.07, 6.45) is 4.22. The van der Waals surface area contributed by atoms with Gasteiger partial charge in [0.05, 0.1) is 9.79 Å². The summed E-state index contributed by atoms with van der Waals surface area (Å²) in [5.74, 6) is 1.22. The fraction of sp³-hybridized carbons (Fsp3) is 0.485. The smallest absolute Gasteiger partial charge is 0.276 e. The summed E-state index contributed by atoms with van der Waals surface area (Å²) in [6.45, 7) is 9.79. The van der Waals surface area contributed by atoms with E-state index >= 15 is 0 Å². The van der Waals surface area contributed by atoms with Crippen molar-refractivity contribution >= 4 is 21.7 Å². The van der Waals surface area contributed by atoms with Gasteiger partial charge < -0.3 is 28.7 Å². The van der Waals surface area contributed by atoms with Gasteiger partial charge in [-0.15, -0.1) is 0 Å². The number of amides is 2. The second-order valence-corrected chi connectivity index (χ2v) is 13.7. The minimum atomic E-state index is -3.72. The molecule has 0 radical (unpaired) electrons. The SMILES string of the molecule is CCCN(CCCCN1CCCN(C(=O)c2cc(C)on2)CC1=O)C(C)Cc1cccc(S(=O)(=O)c2ccc3c(c2)OCO3)c1. The molecule has 1 atom stereocenters. The first kappa shape index (κ1) is 32.5. The van der Waals surface area contributed by atoms with E-state index in [1.807, 2.05) is 11.0 Å². The maximum atomic E-state index is 13.4. The van der Waals surface area contributed by atoms with Gasteiger partial charge in [0.15, 0.2) is 17.2 Å². The summed E-state index contributed by atoms with van der Waals surface area (Å²) in [5.41, 5.74) is 1.19. The van der Waals surface area contributed by atoms with Crippen molar-refractivity contribution in [3.8, 4) is 11.5 Å². The molecule has 0 saturated carbocycles. The van der Waals surface area contributed by atoms with Gasteiger partial charge in [-0.05, 0) is 88.9 Å². The predicted molar refractivity (Wildman–Crippen MR) is 167 cm³/mol. The van der Waals surface area contributed by atoms with Gasteiger partial charge in [-0.1, -0.05) is 24.2 Å². The van der Waals surface area contributed by atoms with Crippen LogP contribution in [0, 0.1) is 6.92 Å². The van der Waals surface area contributed by atoms with Crippen molar-refractivity contribution in [2.45, 2.75) is 68.7 Å². The van der Waals surface area contributed by atoms with Gasteiger partial charge in [0.25, 0.3) is 5.91 Å². The van der Waals surface area contributed by atoms with E-state index in [2.05, 4.69) is 23.9 Å². The minimum Gasteiger partial charge on any atom is -0.454 e. The Balaban J connectivity index is 1.13. The molecule has 0 bridgehead atoms. The molecule has 3 aromatic rings. The van der Waals surface area contributed by atoms with Crippen molar-refractivity contribution < 1.29 is 32.0 Å². The molecule has 1 aromatic heterocycles. The Hall–Kier alpha value is -3.90. The number of aromatic nitrogens is 1. The van der Waals surface area contributed by atoms with E-state index in [1.165, 1.54) is 6.07 Å². The highest BCUT2D eigenvalue weighted by Gasteiger charge is 2.27. The Labute approximate surface area is 265 Å². The highest BCUT2D eigenvalue weighted by molar-refractivity contribution is 7.91. The minimum absolute atomic E-state index is 0.0459. The first-order valence-electron chi connectivity index (χ1n) is 15.6. The molecule has 1 unspecified atom stereocenters. The molecule has 45 heavy (non-hydrogen) atoms. The number of nitrogens with zero attached hydrogens (tertiary/aromatic N) is 4. The van der Waals surface area contributed by atoms with Crippen LogP contribution in [-0.2, 0) is 21.1 Å². The van der Waals surface area contributed by atoms with Crippen LogP contribution in [-0.4, -0.2) is 92.2 Å². The third-order valence-corrected chi connectivity index (χ3v) is 10.1. The molecule has 2 amide bonds. The summed E-state index contributed by atoms with van der Waals surface area (Å²) in [5, 5.41) is 3.81. The monoisotopic (exact) mass is 638 g/mol. The van der Waals surface area contributed by atoms with Crippen LogP contribution in [0.15, 0.2) is 62.8 Å². The molecule has 2 aliphatic heterocycles. The Kier molecular flexibility index (Phi) is 10.4. The highest BCUT2D eigenvalue weighted by atomic mass is 32.2. The highest BCUT2D eigenvalue weighted by Crippen LogP contribution is 2.35. The Morgan fingerprint density at radius 3 is 2.60 bits per heavy atom. The number of hydrogen-bond donors (Lipinski definition) is 0. The van der Waals surface area contributed by atoms with E-state index < -0.39 is 9.84 Å². The molecule has 1 saturated heterocycles. The molecule has 242 valence electrons. The van der Waals surface area contributed by atoms with Crippen LogP contribution in [0.25, 0.3) is 0 Å². The number of sulfone groups is 1. The number of benzene rings is 2. The topological polar surface area (TPSA) is 122 Å². The van der Waals surface area contributed by atoms with Gasteiger partial charge in [-0.2, -0.15) is 0 Å². The third-order valence-electron chi connectivity index (χ3n) is 8.32. The standard InChI is InChI=1S/C33H42N4O7S/c1-4-13-35(14-5-6-15-36-16-8-17-37(22-32(36)38)33(39)29-19-25(3)44-34-29)24(2)18-26-9-7-10-27(20-26)45(40,41)28-11-12-30-31(21-28)43-23-42-30/h7,9-12,19-21,24H,4-6,8,13-18,22-23H2,1-3H3. The number of carbonyl (C=O) groups is 2. The Morgan fingerprint density at radius 1 is 1.02 bits per heavy atom. The van der Waals surface area contributed by atoms with Crippen LogP contribution >= 0.6 is 0 Å². The molecule has 3 heterocycles. The average Bonchev–Trinajstić information content (AvgIpc) is 3.64. The van der Waals surface area contributed by atoms with Gasteiger partial charge in [0.2, 0.25) is 22.5 Å². The van der Waals surface area contributed by atoms with E-state index in [9.17, 15) is 18.0 Å². The van der Waals surface area contributed by atoms with E-state index in [0.29, 0.717) is 43.3 Å². The number of rotatable bonds is 13. The summed E-state index contributed by atoms with van der Waals surface area (Å²) in [6, 6.07) is 13.7. The summed E-state index contributed by atoms with van der Waals surface area (Å²) < 4.78 is 42.6. The molecule has 11 nitrogen and oxygen atoms in total. The lowest BCUT2D eigenvalue weighted by Gasteiger charge is -2.29. The van der Waals surface area contributed by atoms with Crippen molar-refractivity contribution in [2.24, 2.45) is 0 Å². The molecule has 0 spiro atoms. The largest absolute Gasteiger partial charge is 0.454 e. The lowest BCUT2D eigenvalue weighted by Crippen LogP contribution is -2.40. The zero-order chi connectivity index (χ0) is 32.0. The normalized spacial score (nSPS) is 15.9. The Bertz CT molecular complexity index is 1610. The second-order valence-electron chi connectivity index (χ2n) is 11.7. The zero-order valence-electron chi connectivity index (χ0n) is 26.2. The van der Waals surface area contributed by atoms with E-state index in [0.717, 1.165) is 44.3 Å². The quantitative estimate of drug-likeness (QED) is 0.252. The van der Waals surface area contributed by atoms with Crippen LogP contribution in [0.5, 0.6) is 11.5 Å². The lowest BCUT2D eigenvalue weighted by molar-refractivity contribution is -0.130. The second kappa shape index (κ2) is 14.5.